The number of nitrogens with one attached hydrogen (secondary N) is 2. The molecule has 27 heavy (non-hydrogen) atoms. The highest BCUT2D eigenvalue weighted by atomic mass is 32.2. The third-order valence-electron chi connectivity index (χ3n) is 3.98. The van der Waals surface area contributed by atoms with Crippen molar-refractivity contribution < 1.29 is 18.3 Å². The van der Waals surface area contributed by atoms with Crippen molar-refractivity contribution in [2.24, 2.45) is 0 Å². The molecule has 0 aliphatic carbocycles. The van der Waals surface area contributed by atoms with Crippen molar-refractivity contribution in [3.05, 3.63) is 54.4 Å². The summed E-state index contributed by atoms with van der Waals surface area (Å²) in [7, 11) is -3.76. The van der Waals surface area contributed by atoms with Gasteiger partial charge in [0.15, 0.2) is 0 Å². The molecule has 3 rings (SSSR count). The zero-order valence-corrected chi connectivity index (χ0v) is 15.5. The molecule has 0 aliphatic heterocycles. The Morgan fingerprint density at radius 3 is 2.56 bits per heavy atom. The lowest BCUT2D eigenvalue weighted by atomic mass is 10.2. The van der Waals surface area contributed by atoms with Crippen LogP contribution in [0.25, 0.3) is 11.0 Å². The van der Waals surface area contributed by atoms with Crippen LogP contribution in [0.5, 0.6) is 0 Å². The Labute approximate surface area is 156 Å². The number of imidazole rings is 1. The van der Waals surface area contributed by atoms with Gasteiger partial charge in [0.05, 0.1) is 22.6 Å². The fourth-order valence-corrected chi connectivity index (χ4v) is 4.33. The molecule has 9 heteroatoms. The van der Waals surface area contributed by atoms with Gasteiger partial charge >= 0.3 is 5.97 Å². The van der Waals surface area contributed by atoms with Crippen LogP contribution in [0.3, 0.4) is 0 Å². The molecule has 0 unspecified atom stereocenters. The van der Waals surface area contributed by atoms with E-state index in [0.29, 0.717) is 35.6 Å². The third-order valence-corrected chi connectivity index (χ3v) is 5.79. The quantitative estimate of drug-likeness (QED) is 0.503. The lowest BCUT2D eigenvalue weighted by molar-refractivity contribution is -0.135. The summed E-state index contributed by atoms with van der Waals surface area (Å²) in [5.74, 6) is -0.551. The smallest absolute Gasteiger partial charge is 0.317 e. The van der Waals surface area contributed by atoms with Crippen LogP contribution < -0.4 is 10.6 Å². The van der Waals surface area contributed by atoms with Crippen molar-refractivity contribution in [1.82, 2.24) is 14.3 Å². The molecular weight excluding hydrogens is 368 g/mol. The second-order valence-electron chi connectivity index (χ2n) is 5.91. The van der Waals surface area contributed by atoms with Gasteiger partial charge in [0, 0.05) is 13.1 Å². The zero-order valence-electron chi connectivity index (χ0n) is 14.7. The van der Waals surface area contributed by atoms with Crippen molar-refractivity contribution >= 4 is 32.7 Å². The van der Waals surface area contributed by atoms with E-state index in [1.165, 1.54) is 3.97 Å². The van der Waals surface area contributed by atoms with E-state index in [2.05, 4.69) is 15.6 Å². The fourth-order valence-electron chi connectivity index (χ4n) is 2.82. The molecule has 0 atom stereocenters. The number of para-hydroxylation sites is 1. The molecule has 0 radical (unpaired) electrons. The minimum atomic E-state index is -3.76. The van der Waals surface area contributed by atoms with Gasteiger partial charge in [-0.25, -0.2) is 17.4 Å². The van der Waals surface area contributed by atoms with Crippen LogP contribution in [0.1, 0.15) is 5.82 Å². The van der Waals surface area contributed by atoms with Crippen LogP contribution in [-0.2, 0) is 14.8 Å². The average Bonchev–Trinajstić information content (AvgIpc) is 2.99. The maximum Gasteiger partial charge on any atom is 0.317 e. The number of aromatic nitrogens is 2. The number of carbonyl (C=O) groups is 1. The monoisotopic (exact) mass is 388 g/mol. The second-order valence-corrected chi connectivity index (χ2v) is 7.70. The minimum absolute atomic E-state index is 0.116. The van der Waals surface area contributed by atoms with E-state index in [-0.39, 0.29) is 11.4 Å². The van der Waals surface area contributed by atoms with Gasteiger partial charge in [0.2, 0.25) is 0 Å². The second kappa shape index (κ2) is 7.77. The van der Waals surface area contributed by atoms with Crippen LogP contribution in [-0.4, -0.2) is 48.1 Å². The summed E-state index contributed by atoms with van der Waals surface area (Å²) < 4.78 is 27.3. The Balaban J connectivity index is 1.91. The molecule has 0 saturated heterocycles. The number of aryl methyl sites for hydroxylation is 1. The van der Waals surface area contributed by atoms with E-state index in [9.17, 15) is 13.2 Å². The molecule has 0 amide bonds. The van der Waals surface area contributed by atoms with Crippen molar-refractivity contribution in [3.8, 4) is 0 Å². The van der Waals surface area contributed by atoms with Crippen LogP contribution >= 0.6 is 0 Å². The highest BCUT2D eigenvalue weighted by Gasteiger charge is 2.23. The molecule has 8 nitrogen and oxygen atoms in total. The summed E-state index contributed by atoms with van der Waals surface area (Å²) >= 11 is 0. The molecule has 2 aromatic carbocycles. The predicted octanol–water partition coefficient (Wildman–Crippen LogP) is 1.67. The van der Waals surface area contributed by atoms with Crippen LogP contribution in [0.4, 0.5) is 5.69 Å². The minimum Gasteiger partial charge on any atom is -0.480 e. The van der Waals surface area contributed by atoms with Crippen molar-refractivity contribution in [2.45, 2.75) is 11.8 Å². The molecule has 1 heterocycles. The van der Waals surface area contributed by atoms with E-state index in [1.807, 2.05) is 6.07 Å². The molecule has 0 bridgehead atoms. The van der Waals surface area contributed by atoms with Crippen LogP contribution in [0.15, 0.2) is 53.4 Å². The largest absolute Gasteiger partial charge is 0.480 e. The molecule has 0 aliphatic rings. The standard InChI is InChI=1S/C18H20N4O4S/c1-13-21-18-15(20-11-10-19-12-17(23)24)8-5-9-16(18)22(13)27(25,26)14-6-3-2-4-7-14/h2-9,19-20H,10-12H2,1H3,(H,23,24). The summed E-state index contributed by atoms with van der Waals surface area (Å²) in [6.45, 7) is 2.46. The maximum atomic E-state index is 13.0. The number of benzene rings is 2. The number of hydrogen-bond acceptors (Lipinski definition) is 6. The van der Waals surface area contributed by atoms with Gasteiger partial charge in [-0.3, -0.25) is 4.79 Å². The normalized spacial score (nSPS) is 11.6. The first-order chi connectivity index (χ1) is 12.9. The first kappa shape index (κ1) is 18.9. The lowest BCUT2D eigenvalue weighted by Gasteiger charge is -2.10. The van der Waals surface area contributed by atoms with Crippen molar-refractivity contribution in [2.75, 3.05) is 25.0 Å². The highest BCUT2D eigenvalue weighted by Crippen LogP contribution is 2.27. The van der Waals surface area contributed by atoms with E-state index in [1.54, 1.807) is 49.4 Å². The first-order valence-electron chi connectivity index (χ1n) is 8.36. The number of nitrogens with zero attached hydrogens (tertiary/aromatic N) is 2. The average molecular weight is 388 g/mol. The number of hydrogen-bond donors (Lipinski definition) is 3. The number of rotatable bonds is 8. The SMILES string of the molecule is Cc1nc2c(NCCNCC(=O)O)cccc2n1S(=O)(=O)c1ccccc1. The van der Waals surface area contributed by atoms with Crippen LogP contribution in [0, 0.1) is 6.92 Å². The van der Waals surface area contributed by atoms with Gasteiger partial charge in [-0.05, 0) is 31.2 Å². The van der Waals surface area contributed by atoms with Gasteiger partial charge in [0.1, 0.15) is 11.3 Å². The van der Waals surface area contributed by atoms with E-state index >= 15 is 0 Å². The first-order valence-corrected chi connectivity index (χ1v) is 9.80. The zero-order chi connectivity index (χ0) is 19.4. The Bertz CT molecular complexity index is 1060. The van der Waals surface area contributed by atoms with Gasteiger partial charge < -0.3 is 15.7 Å². The number of carboxylic acid groups (broad SMARTS) is 1. The maximum absolute atomic E-state index is 13.0. The lowest BCUT2D eigenvalue weighted by Crippen LogP contribution is -2.27. The third kappa shape index (κ3) is 3.93. The van der Waals surface area contributed by atoms with E-state index < -0.39 is 16.0 Å². The predicted molar refractivity (Wildman–Crippen MR) is 102 cm³/mol. The Morgan fingerprint density at radius 1 is 1.11 bits per heavy atom. The van der Waals surface area contributed by atoms with Gasteiger partial charge in [-0.1, -0.05) is 24.3 Å². The summed E-state index contributed by atoms with van der Waals surface area (Å²) in [6, 6.07) is 13.5. The molecular formula is C18H20N4O4S. The van der Waals surface area contributed by atoms with E-state index in [0.717, 1.165) is 0 Å². The number of aliphatic carboxylic acids is 1. The molecule has 0 saturated carbocycles. The molecule has 142 valence electrons. The fraction of sp³-hybridized carbons (Fsp3) is 0.222. The van der Waals surface area contributed by atoms with Crippen molar-refractivity contribution in [1.29, 1.82) is 0 Å². The Kier molecular flexibility index (Phi) is 5.43. The molecule has 1 aromatic heterocycles. The number of carboxylic acids is 1. The van der Waals surface area contributed by atoms with Crippen LogP contribution in [0.2, 0.25) is 0 Å². The molecule has 0 fully saturated rings. The molecule has 3 aromatic rings. The van der Waals surface area contributed by atoms with Gasteiger partial charge in [0.25, 0.3) is 10.0 Å². The summed E-state index contributed by atoms with van der Waals surface area (Å²) in [6.07, 6.45) is 0. The summed E-state index contributed by atoms with van der Waals surface area (Å²) in [5.41, 5.74) is 1.72. The van der Waals surface area contributed by atoms with Gasteiger partial charge in [-0.15, -0.1) is 0 Å². The Hall–Kier alpha value is -2.91. The summed E-state index contributed by atoms with van der Waals surface area (Å²) in [5, 5.41) is 14.6. The van der Waals surface area contributed by atoms with Crippen molar-refractivity contribution in [3.63, 3.8) is 0 Å². The Morgan fingerprint density at radius 2 is 1.85 bits per heavy atom. The topological polar surface area (TPSA) is 113 Å². The molecule has 3 N–H and O–H groups in total. The van der Waals surface area contributed by atoms with E-state index in [4.69, 9.17) is 5.11 Å². The number of fused-ring (bicyclic) bond motifs is 1. The number of anilines is 1. The van der Waals surface area contributed by atoms with Gasteiger partial charge in [-0.2, -0.15) is 0 Å². The molecule has 0 spiro atoms. The summed E-state index contributed by atoms with van der Waals surface area (Å²) in [4.78, 5) is 15.1. The highest BCUT2D eigenvalue weighted by molar-refractivity contribution is 7.90.